The fourth-order valence-corrected chi connectivity index (χ4v) is 2.83. The summed E-state index contributed by atoms with van der Waals surface area (Å²) in [6.07, 6.45) is 5.43. The van der Waals surface area contributed by atoms with Crippen LogP contribution >= 0.6 is 0 Å². The molecule has 1 saturated carbocycles. The molecule has 1 amide bonds. The van der Waals surface area contributed by atoms with Crippen LogP contribution in [-0.4, -0.2) is 17.6 Å². The quantitative estimate of drug-likeness (QED) is 0.860. The number of carbonyl (C=O) groups excluding carboxylic acids is 1. The molecule has 1 aromatic rings. The molecule has 1 heterocycles. The van der Waals surface area contributed by atoms with Gasteiger partial charge in [-0.1, -0.05) is 26.7 Å². The van der Waals surface area contributed by atoms with Gasteiger partial charge in [0.1, 0.15) is 11.9 Å². The lowest BCUT2D eigenvalue weighted by Crippen LogP contribution is -2.42. The van der Waals surface area contributed by atoms with Crippen LogP contribution in [0.4, 0.5) is 0 Å². The molecule has 2 rings (SSSR count). The zero-order valence-electron chi connectivity index (χ0n) is 11.7. The van der Waals surface area contributed by atoms with Crippen molar-refractivity contribution in [3.63, 3.8) is 0 Å². The number of furan rings is 1. The van der Waals surface area contributed by atoms with Crippen molar-refractivity contribution in [1.82, 2.24) is 5.32 Å². The topological polar surface area (TPSA) is 62.5 Å². The summed E-state index contributed by atoms with van der Waals surface area (Å²) in [6, 6.07) is 3.43. The third-order valence-electron chi connectivity index (χ3n) is 4.29. The van der Waals surface area contributed by atoms with Gasteiger partial charge in [-0.3, -0.25) is 4.79 Å². The van der Waals surface area contributed by atoms with Gasteiger partial charge in [-0.25, -0.2) is 0 Å². The van der Waals surface area contributed by atoms with Gasteiger partial charge in [0.2, 0.25) is 5.91 Å². The number of hydrogen-bond donors (Lipinski definition) is 2. The predicted molar refractivity (Wildman–Crippen MR) is 72.4 cm³/mol. The second-order valence-corrected chi connectivity index (χ2v) is 5.94. The normalized spacial score (nSPS) is 18.5. The van der Waals surface area contributed by atoms with Gasteiger partial charge in [0.15, 0.2) is 0 Å². The average molecular weight is 265 g/mol. The van der Waals surface area contributed by atoms with E-state index in [1.54, 1.807) is 12.1 Å². The fourth-order valence-electron chi connectivity index (χ4n) is 2.83. The first-order valence-corrected chi connectivity index (χ1v) is 7.01. The summed E-state index contributed by atoms with van der Waals surface area (Å²) in [6.45, 7) is 4.19. The van der Waals surface area contributed by atoms with E-state index in [-0.39, 0.29) is 17.9 Å². The van der Waals surface area contributed by atoms with Crippen LogP contribution in [-0.2, 0) is 4.79 Å². The van der Waals surface area contributed by atoms with E-state index in [0.29, 0.717) is 11.7 Å². The fraction of sp³-hybridized carbons (Fsp3) is 0.667. The Morgan fingerprint density at radius 1 is 1.53 bits per heavy atom. The Morgan fingerprint density at radius 2 is 2.21 bits per heavy atom. The number of rotatable bonds is 5. The molecule has 0 spiro atoms. The number of aliphatic hydroxyl groups excluding tert-OH is 1. The van der Waals surface area contributed by atoms with Gasteiger partial charge < -0.3 is 14.8 Å². The second-order valence-electron chi connectivity index (χ2n) is 5.94. The molecule has 1 aromatic heterocycles. The van der Waals surface area contributed by atoms with Crippen molar-refractivity contribution in [2.75, 3.05) is 6.54 Å². The van der Waals surface area contributed by atoms with Crippen LogP contribution in [0, 0.1) is 11.3 Å². The third kappa shape index (κ3) is 3.18. The van der Waals surface area contributed by atoms with E-state index in [9.17, 15) is 9.90 Å². The maximum Gasteiger partial charge on any atom is 0.226 e. The minimum Gasteiger partial charge on any atom is -0.467 e. The first kappa shape index (κ1) is 14.1. The summed E-state index contributed by atoms with van der Waals surface area (Å²) in [5.41, 5.74) is -0.362. The largest absolute Gasteiger partial charge is 0.467 e. The molecule has 1 atom stereocenters. The summed E-state index contributed by atoms with van der Waals surface area (Å²) in [4.78, 5) is 12.3. The van der Waals surface area contributed by atoms with Crippen LogP contribution in [0.25, 0.3) is 0 Å². The molecule has 0 bridgehead atoms. The first-order valence-electron chi connectivity index (χ1n) is 7.01. The standard InChI is InChI=1S/C15H23NO3/c1-15(2,11-6-3-4-7-11)14(18)16-10-12(17)13-8-5-9-19-13/h5,8-9,11-12,17H,3-4,6-7,10H2,1-2H3,(H,16,18). The Morgan fingerprint density at radius 3 is 2.79 bits per heavy atom. The van der Waals surface area contributed by atoms with Crippen molar-refractivity contribution in [2.45, 2.75) is 45.6 Å². The molecule has 0 aromatic carbocycles. The molecular weight excluding hydrogens is 242 g/mol. The van der Waals surface area contributed by atoms with Crippen LogP contribution in [0.1, 0.15) is 51.4 Å². The Bertz CT molecular complexity index is 405. The predicted octanol–water partition coefficient (Wildman–Crippen LogP) is 2.65. The molecule has 19 heavy (non-hydrogen) atoms. The van der Waals surface area contributed by atoms with Gasteiger partial charge in [-0.2, -0.15) is 0 Å². The minimum absolute atomic E-state index is 0.0185. The van der Waals surface area contributed by atoms with E-state index in [2.05, 4.69) is 5.32 Å². The highest BCUT2D eigenvalue weighted by molar-refractivity contribution is 5.82. The van der Waals surface area contributed by atoms with Gasteiger partial charge in [0.25, 0.3) is 0 Å². The molecule has 0 aliphatic heterocycles. The summed E-state index contributed by atoms with van der Waals surface area (Å²) in [7, 11) is 0. The minimum atomic E-state index is -0.779. The highest BCUT2D eigenvalue weighted by atomic mass is 16.4. The van der Waals surface area contributed by atoms with E-state index in [1.807, 2.05) is 13.8 Å². The second kappa shape index (κ2) is 5.78. The molecule has 1 fully saturated rings. The van der Waals surface area contributed by atoms with Crippen molar-refractivity contribution in [1.29, 1.82) is 0 Å². The maximum atomic E-state index is 12.3. The van der Waals surface area contributed by atoms with Crippen LogP contribution in [0.5, 0.6) is 0 Å². The average Bonchev–Trinajstić information content (AvgIpc) is 3.06. The first-order chi connectivity index (χ1) is 9.01. The van der Waals surface area contributed by atoms with Crippen molar-refractivity contribution >= 4 is 5.91 Å². The molecule has 0 saturated heterocycles. The van der Waals surface area contributed by atoms with Gasteiger partial charge in [-0.15, -0.1) is 0 Å². The molecule has 1 aliphatic rings. The molecule has 106 valence electrons. The lowest BCUT2D eigenvalue weighted by molar-refractivity contribution is -0.132. The number of nitrogens with one attached hydrogen (secondary N) is 1. The molecule has 1 aliphatic carbocycles. The van der Waals surface area contributed by atoms with E-state index >= 15 is 0 Å². The third-order valence-corrected chi connectivity index (χ3v) is 4.29. The highest BCUT2D eigenvalue weighted by Crippen LogP contribution is 2.39. The van der Waals surface area contributed by atoms with E-state index in [1.165, 1.54) is 19.1 Å². The zero-order valence-corrected chi connectivity index (χ0v) is 11.7. The van der Waals surface area contributed by atoms with E-state index < -0.39 is 6.10 Å². The molecule has 1 unspecified atom stereocenters. The van der Waals surface area contributed by atoms with Crippen molar-refractivity contribution in [3.05, 3.63) is 24.2 Å². The maximum absolute atomic E-state index is 12.3. The van der Waals surface area contributed by atoms with Crippen LogP contribution in [0.15, 0.2) is 22.8 Å². The number of amides is 1. The molecule has 2 N–H and O–H groups in total. The molecule has 4 nitrogen and oxygen atoms in total. The summed E-state index contributed by atoms with van der Waals surface area (Å²) in [5.74, 6) is 0.956. The summed E-state index contributed by atoms with van der Waals surface area (Å²) in [5, 5.41) is 12.7. The lowest BCUT2D eigenvalue weighted by atomic mass is 9.77. The zero-order chi connectivity index (χ0) is 13.9. The Hall–Kier alpha value is -1.29. The number of aliphatic hydroxyl groups is 1. The van der Waals surface area contributed by atoms with Gasteiger partial charge >= 0.3 is 0 Å². The van der Waals surface area contributed by atoms with Crippen LogP contribution in [0.2, 0.25) is 0 Å². The van der Waals surface area contributed by atoms with Gasteiger partial charge in [-0.05, 0) is 30.9 Å². The summed E-state index contributed by atoms with van der Waals surface area (Å²) < 4.78 is 5.11. The van der Waals surface area contributed by atoms with Crippen molar-refractivity contribution in [3.8, 4) is 0 Å². The number of hydrogen-bond acceptors (Lipinski definition) is 3. The smallest absolute Gasteiger partial charge is 0.226 e. The highest BCUT2D eigenvalue weighted by Gasteiger charge is 2.38. The monoisotopic (exact) mass is 265 g/mol. The van der Waals surface area contributed by atoms with E-state index in [4.69, 9.17) is 4.42 Å². The summed E-state index contributed by atoms with van der Waals surface area (Å²) >= 11 is 0. The molecule has 0 radical (unpaired) electrons. The van der Waals surface area contributed by atoms with Crippen molar-refractivity contribution in [2.24, 2.45) is 11.3 Å². The Kier molecular flexibility index (Phi) is 4.30. The Balaban J connectivity index is 1.86. The van der Waals surface area contributed by atoms with Crippen LogP contribution in [0.3, 0.4) is 0 Å². The van der Waals surface area contributed by atoms with Crippen LogP contribution < -0.4 is 5.32 Å². The van der Waals surface area contributed by atoms with E-state index in [0.717, 1.165) is 12.8 Å². The van der Waals surface area contributed by atoms with Crippen molar-refractivity contribution < 1.29 is 14.3 Å². The number of carbonyl (C=O) groups is 1. The molecular formula is C15H23NO3. The molecule has 4 heteroatoms. The Labute approximate surface area is 114 Å². The SMILES string of the molecule is CC(C)(C(=O)NCC(O)c1ccco1)C1CCCC1. The van der Waals surface area contributed by atoms with Gasteiger partial charge in [0.05, 0.1) is 12.8 Å². The van der Waals surface area contributed by atoms with Gasteiger partial charge in [0, 0.05) is 5.41 Å². The lowest BCUT2D eigenvalue weighted by Gasteiger charge is -2.30.